The molecule has 4 fully saturated rings. The molecule has 1 aliphatic heterocycles. The molecule has 3 saturated carbocycles. The molecule has 6 atom stereocenters. The molecule has 1 unspecified atom stereocenters. The van der Waals surface area contributed by atoms with Crippen molar-refractivity contribution in [1.29, 1.82) is 0 Å². The molecule has 5 aliphatic rings. The Labute approximate surface area is 226 Å². The van der Waals surface area contributed by atoms with Crippen LogP contribution in [0.4, 0.5) is 0 Å². The Morgan fingerprint density at radius 2 is 1.92 bits per heavy atom. The highest BCUT2D eigenvalue weighted by molar-refractivity contribution is 5.89. The molecule has 4 aliphatic carbocycles. The summed E-state index contributed by atoms with van der Waals surface area (Å²) in [6.45, 7) is 8.23. The molecule has 1 aromatic rings. The van der Waals surface area contributed by atoms with Gasteiger partial charge in [-0.25, -0.2) is 4.79 Å². The van der Waals surface area contributed by atoms with E-state index >= 15 is 0 Å². The Hall–Kier alpha value is -1.99. The number of hydrogen-bond donors (Lipinski definition) is 1. The Morgan fingerprint density at radius 1 is 1.16 bits per heavy atom. The van der Waals surface area contributed by atoms with Gasteiger partial charge in [0.15, 0.2) is 5.79 Å². The van der Waals surface area contributed by atoms with E-state index in [2.05, 4.69) is 25.6 Å². The predicted molar refractivity (Wildman–Crippen MR) is 144 cm³/mol. The summed E-state index contributed by atoms with van der Waals surface area (Å²) in [6, 6.07) is 7.95. The molecule has 206 valence electrons. The van der Waals surface area contributed by atoms with E-state index in [9.17, 15) is 9.90 Å². The van der Waals surface area contributed by atoms with Crippen LogP contribution in [0, 0.1) is 17.3 Å². The molecule has 0 radical (unpaired) electrons. The molecule has 0 amide bonds. The van der Waals surface area contributed by atoms with E-state index in [0.717, 1.165) is 51.6 Å². The van der Waals surface area contributed by atoms with Gasteiger partial charge >= 0.3 is 5.97 Å². The van der Waals surface area contributed by atoms with Crippen molar-refractivity contribution in [1.82, 2.24) is 0 Å². The van der Waals surface area contributed by atoms with Gasteiger partial charge in [0.05, 0.1) is 44.2 Å². The molecule has 6 heteroatoms. The molecule has 6 rings (SSSR count). The number of benzene rings is 1. The van der Waals surface area contributed by atoms with Crippen molar-refractivity contribution in [3.8, 4) is 0 Å². The van der Waals surface area contributed by atoms with E-state index in [0.29, 0.717) is 37.0 Å². The van der Waals surface area contributed by atoms with E-state index in [-0.39, 0.29) is 23.4 Å². The standard InChI is InChI=1S/C32H42O6/c1-4-5-16-36-27-11-10-25-23-12-14-31(34)20-32(37-17-18-38-32)15-13-26(31)28(23)24(19-30(25,27)2)21-6-8-22(9-7-21)29(33)35-3/h4,6-9,23-25,27,34H,1,5,10-20H2,2-3H3/t23-,24+,25-,27?,30-,31+/m0/s1. The maximum absolute atomic E-state index is 12.2. The highest BCUT2D eigenvalue weighted by Crippen LogP contribution is 2.66. The quantitative estimate of drug-likeness (QED) is 0.293. The van der Waals surface area contributed by atoms with E-state index in [1.807, 2.05) is 18.2 Å². The van der Waals surface area contributed by atoms with Gasteiger partial charge in [-0.3, -0.25) is 0 Å². The van der Waals surface area contributed by atoms with Crippen LogP contribution >= 0.6 is 0 Å². The third kappa shape index (κ3) is 4.19. The van der Waals surface area contributed by atoms with Crippen molar-refractivity contribution < 1.29 is 28.8 Å². The van der Waals surface area contributed by atoms with E-state index in [1.54, 1.807) is 0 Å². The van der Waals surface area contributed by atoms with Crippen LogP contribution < -0.4 is 0 Å². The van der Waals surface area contributed by atoms with Crippen molar-refractivity contribution in [2.75, 3.05) is 26.9 Å². The van der Waals surface area contributed by atoms with Gasteiger partial charge in [-0.05, 0) is 85.5 Å². The Balaban J connectivity index is 1.41. The first kappa shape index (κ1) is 26.2. The smallest absolute Gasteiger partial charge is 0.337 e. The largest absolute Gasteiger partial charge is 0.465 e. The minimum atomic E-state index is -0.884. The number of aliphatic hydroxyl groups is 1. The zero-order chi connectivity index (χ0) is 26.5. The molecule has 0 aromatic heterocycles. The van der Waals surface area contributed by atoms with Crippen LogP contribution in [-0.2, 0) is 18.9 Å². The Morgan fingerprint density at radius 3 is 2.63 bits per heavy atom. The van der Waals surface area contributed by atoms with Crippen LogP contribution in [0.5, 0.6) is 0 Å². The zero-order valence-corrected chi connectivity index (χ0v) is 22.9. The van der Waals surface area contributed by atoms with Gasteiger partial charge in [0.25, 0.3) is 0 Å². The highest BCUT2D eigenvalue weighted by atomic mass is 16.7. The predicted octanol–water partition coefficient (Wildman–Crippen LogP) is 5.70. The molecular weight excluding hydrogens is 480 g/mol. The molecule has 6 nitrogen and oxygen atoms in total. The topological polar surface area (TPSA) is 74.2 Å². The molecular formula is C32H42O6. The second-order valence-corrected chi connectivity index (χ2v) is 12.4. The van der Waals surface area contributed by atoms with Gasteiger partial charge in [-0.1, -0.05) is 30.7 Å². The fraction of sp³-hybridized carbons (Fsp3) is 0.656. The summed E-state index contributed by atoms with van der Waals surface area (Å²) in [6.07, 6.45) is 10.1. The van der Waals surface area contributed by atoms with E-state index in [4.69, 9.17) is 18.9 Å². The van der Waals surface area contributed by atoms with Gasteiger partial charge in [0.1, 0.15) is 0 Å². The number of fused-ring (bicyclic) bond motifs is 4. The molecule has 1 saturated heterocycles. The number of hydrogen-bond acceptors (Lipinski definition) is 6. The minimum Gasteiger partial charge on any atom is -0.465 e. The van der Waals surface area contributed by atoms with Gasteiger partial charge in [-0.15, -0.1) is 6.58 Å². The first-order chi connectivity index (χ1) is 18.3. The fourth-order valence-electron chi connectivity index (χ4n) is 8.80. The number of carbonyl (C=O) groups excluding carboxylic acids is 1. The van der Waals surface area contributed by atoms with Crippen LogP contribution in [-0.4, -0.2) is 55.5 Å². The lowest BCUT2D eigenvalue weighted by molar-refractivity contribution is -0.208. The van der Waals surface area contributed by atoms with E-state index < -0.39 is 11.4 Å². The average Bonchev–Trinajstić information content (AvgIpc) is 3.51. The van der Waals surface area contributed by atoms with Crippen molar-refractivity contribution >= 4 is 5.97 Å². The summed E-state index contributed by atoms with van der Waals surface area (Å²) in [4.78, 5) is 12.1. The summed E-state index contributed by atoms with van der Waals surface area (Å²) in [5.41, 5.74) is 3.63. The van der Waals surface area contributed by atoms with Crippen LogP contribution in [0.1, 0.15) is 86.6 Å². The zero-order valence-electron chi connectivity index (χ0n) is 22.9. The maximum atomic E-state index is 12.2. The molecule has 1 spiro atoms. The number of allylic oxidation sites excluding steroid dienone is 1. The summed E-state index contributed by atoms with van der Waals surface area (Å²) in [5, 5.41) is 12.2. The summed E-state index contributed by atoms with van der Waals surface area (Å²) in [5.74, 6) is 0.201. The summed E-state index contributed by atoms with van der Waals surface area (Å²) >= 11 is 0. The summed E-state index contributed by atoms with van der Waals surface area (Å²) < 4.78 is 23.6. The molecule has 0 bridgehead atoms. The van der Waals surface area contributed by atoms with Gasteiger partial charge in [-0.2, -0.15) is 0 Å². The SMILES string of the molecule is C=CCCOC1CC[C@H]2[C@@H]3CC[C@@]4(O)CC5(CCC4=C3[C@@H](c3ccc(C(=O)OC)cc3)C[C@]12C)OCCO5. The third-order valence-electron chi connectivity index (χ3n) is 10.5. The highest BCUT2D eigenvalue weighted by Gasteiger charge is 2.60. The first-order valence-electron chi connectivity index (χ1n) is 14.5. The monoisotopic (exact) mass is 522 g/mol. The summed E-state index contributed by atoms with van der Waals surface area (Å²) in [7, 11) is 1.42. The molecule has 1 N–H and O–H groups in total. The normalized spacial score (nSPS) is 37.4. The van der Waals surface area contributed by atoms with Crippen LogP contribution in [0.15, 0.2) is 48.1 Å². The number of rotatable bonds is 6. The Kier molecular flexibility index (Phi) is 6.83. The minimum absolute atomic E-state index is 0.0601. The molecule has 1 heterocycles. The van der Waals surface area contributed by atoms with Crippen molar-refractivity contribution in [3.63, 3.8) is 0 Å². The van der Waals surface area contributed by atoms with Gasteiger partial charge in [0, 0.05) is 18.8 Å². The molecule has 1 aromatic carbocycles. The van der Waals surface area contributed by atoms with Crippen molar-refractivity contribution in [3.05, 3.63) is 59.2 Å². The lowest BCUT2D eigenvalue weighted by atomic mass is 9.51. The maximum Gasteiger partial charge on any atom is 0.337 e. The Bertz CT molecular complexity index is 1100. The van der Waals surface area contributed by atoms with Crippen LogP contribution in [0.3, 0.4) is 0 Å². The number of methoxy groups -OCH3 is 1. The van der Waals surface area contributed by atoms with Gasteiger partial charge in [0.2, 0.25) is 0 Å². The lowest BCUT2D eigenvalue weighted by Gasteiger charge is -2.56. The van der Waals surface area contributed by atoms with Gasteiger partial charge < -0.3 is 24.1 Å². The second kappa shape index (κ2) is 9.88. The first-order valence-corrected chi connectivity index (χ1v) is 14.5. The number of ether oxygens (including phenoxy) is 4. The van der Waals surface area contributed by atoms with E-state index in [1.165, 1.54) is 30.2 Å². The lowest BCUT2D eigenvalue weighted by Crippen LogP contribution is -2.53. The number of esters is 1. The van der Waals surface area contributed by atoms with Crippen molar-refractivity contribution in [2.24, 2.45) is 17.3 Å². The van der Waals surface area contributed by atoms with Crippen molar-refractivity contribution in [2.45, 2.75) is 88.1 Å². The van der Waals surface area contributed by atoms with Crippen LogP contribution in [0.2, 0.25) is 0 Å². The third-order valence-corrected chi connectivity index (χ3v) is 10.5. The fourth-order valence-corrected chi connectivity index (χ4v) is 8.80. The molecule has 38 heavy (non-hydrogen) atoms. The second-order valence-electron chi connectivity index (χ2n) is 12.4. The van der Waals surface area contributed by atoms with Crippen LogP contribution in [0.25, 0.3) is 0 Å². The average molecular weight is 523 g/mol. The number of carbonyl (C=O) groups is 1.